The molecule has 2 N–H and O–H groups in total. The Hall–Kier alpha value is -3.65. The molecule has 0 spiro atoms. The highest BCUT2D eigenvalue weighted by molar-refractivity contribution is 7.92. The van der Waals surface area contributed by atoms with E-state index in [9.17, 15) is 18.3 Å². The Kier molecular flexibility index (Phi) is 5.48. The zero-order valence-electron chi connectivity index (χ0n) is 16.8. The molecule has 1 heterocycles. The Morgan fingerprint density at radius 1 is 1.00 bits per heavy atom. The van der Waals surface area contributed by atoms with E-state index in [1.165, 1.54) is 5.01 Å². The van der Waals surface area contributed by atoms with Crippen LogP contribution in [0.3, 0.4) is 0 Å². The molecule has 0 fully saturated rings. The van der Waals surface area contributed by atoms with Gasteiger partial charge < -0.3 is 5.11 Å². The zero-order chi connectivity index (χ0) is 22.0. The summed E-state index contributed by atoms with van der Waals surface area (Å²) in [4.78, 5) is 13.3. The smallest absolute Gasteiger partial charge is 0.274 e. The summed E-state index contributed by atoms with van der Waals surface area (Å²) in [5, 5.41) is 16.4. The minimum atomic E-state index is -3.50. The van der Waals surface area contributed by atoms with Gasteiger partial charge in [-0.25, -0.2) is 13.4 Å². The normalized spacial score (nSPS) is 16.1. The number of para-hydroxylation sites is 2. The number of anilines is 1. The van der Waals surface area contributed by atoms with Crippen LogP contribution in [0.15, 0.2) is 84.0 Å². The van der Waals surface area contributed by atoms with Gasteiger partial charge in [0, 0.05) is 23.1 Å². The van der Waals surface area contributed by atoms with E-state index in [0.29, 0.717) is 34.5 Å². The quantitative estimate of drug-likeness (QED) is 0.637. The fraction of sp³-hybridized carbons (Fsp3) is 0.130. The van der Waals surface area contributed by atoms with E-state index in [1.54, 1.807) is 72.8 Å². The Morgan fingerprint density at radius 3 is 2.35 bits per heavy atom. The molecule has 1 amide bonds. The fourth-order valence-corrected chi connectivity index (χ4v) is 4.19. The van der Waals surface area contributed by atoms with Gasteiger partial charge in [-0.2, -0.15) is 5.10 Å². The molecule has 3 aromatic carbocycles. The third kappa shape index (κ3) is 4.44. The van der Waals surface area contributed by atoms with Crippen LogP contribution in [0, 0.1) is 0 Å². The van der Waals surface area contributed by atoms with E-state index in [4.69, 9.17) is 0 Å². The summed E-state index contributed by atoms with van der Waals surface area (Å²) in [6.07, 6.45) is 1.40. The Bertz CT molecular complexity index is 1260. The number of phenols is 1. The number of phenolic OH excluding ortho intramolecular Hbond substituents is 1. The van der Waals surface area contributed by atoms with E-state index in [2.05, 4.69) is 9.82 Å². The molecule has 1 aliphatic rings. The van der Waals surface area contributed by atoms with Crippen molar-refractivity contribution in [2.45, 2.75) is 12.5 Å². The first-order valence-electron chi connectivity index (χ1n) is 9.64. The van der Waals surface area contributed by atoms with E-state index in [-0.39, 0.29) is 11.7 Å². The van der Waals surface area contributed by atoms with E-state index in [1.807, 2.05) is 6.07 Å². The number of hydrogen-bond donors (Lipinski definition) is 2. The van der Waals surface area contributed by atoms with Crippen molar-refractivity contribution < 1.29 is 18.3 Å². The minimum Gasteiger partial charge on any atom is -0.508 e. The maximum absolute atomic E-state index is 13.3. The Morgan fingerprint density at radius 2 is 1.65 bits per heavy atom. The van der Waals surface area contributed by atoms with Crippen LogP contribution in [0.5, 0.6) is 5.75 Å². The molecule has 1 aliphatic heterocycles. The highest BCUT2D eigenvalue weighted by atomic mass is 32.2. The Labute approximate surface area is 180 Å². The van der Waals surface area contributed by atoms with Crippen LogP contribution in [0.1, 0.15) is 33.9 Å². The molecule has 0 radical (unpaired) electrons. The van der Waals surface area contributed by atoms with Gasteiger partial charge in [0.2, 0.25) is 10.0 Å². The van der Waals surface area contributed by atoms with Crippen LogP contribution in [-0.2, 0) is 10.0 Å². The van der Waals surface area contributed by atoms with Gasteiger partial charge >= 0.3 is 0 Å². The SMILES string of the molecule is CS(=O)(=O)Nc1ccccc1C1=NN(C(=O)c2ccccc2)[C@H](c2ccccc2O)C1. The van der Waals surface area contributed by atoms with E-state index >= 15 is 0 Å². The monoisotopic (exact) mass is 435 g/mol. The van der Waals surface area contributed by atoms with E-state index < -0.39 is 16.1 Å². The molecule has 0 bridgehead atoms. The summed E-state index contributed by atoms with van der Waals surface area (Å²) >= 11 is 0. The van der Waals surface area contributed by atoms with Gasteiger partial charge in [-0.05, 0) is 24.3 Å². The maximum Gasteiger partial charge on any atom is 0.274 e. The van der Waals surface area contributed by atoms with Gasteiger partial charge in [0.1, 0.15) is 5.75 Å². The van der Waals surface area contributed by atoms with Gasteiger partial charge in [0.25, 0.3) is 5.91 Å². The van der Waals surface area contributed by atoms with Crippen LogP contribution >= 0.6 is 0 Å². The number of nitrogens with one attached hydrogen (secondary N) is 1. The topological polar surface area (TPSA) is 99.1 Å². The zero-order valence-corrected chi connectivity index (χ0v) is 17.6. The van der Waals surface area contributed by atoms with Crippen LogP contribution in [0.4, 0.5) is 5.69 Å². The number of nitrogens with zero attached hydrogens (tertiary/aromatic N) is 2. The number of carbonyl (C=O) groups is 1. The van der Waals surface area contributed by atoms with Gasteiger partial charge in [0.05, 0.1) is 23.7 Å². The second kappa shape index (κ2) is 8.23. The highest BCUT2D eigenvalue weighted by Gasteiger charge is 2.35. The summed E-state index contributed by atoms with van der Waals surface area (Å²) < 4.78 is 26.1. The van der Waals surface area contributed by atoms with E-state index in [0.717, 1.165) is 6.26 Å². The predicted octanol–water partition coefficient (Wildman–Crippen LogP) is 3.76. The third-order valence-corrected chi connectivity index (χ3v) is 5.56. The van der Waals surface area contributed by atoms with Crippen molar-refractivity contribution in [1.29, 1.82) is 0 Å². The molecule has 0 aliphatic carbocycles. The molecule has 7 nitrogen and oxygen atoms in total. The fourth-order valence-electron chi connectivity index (χ4n) is 3.61. The van der Waals surface area contributed by atoms with Crippen molar-refractivity contribution in [3.63, 3.8) is 0 Å². The molecular formula is C23H21N3O4S. The van der Waals surface area contributed by atoms with Crippen LogP contribution in [-0.4, -0.2) is 36.4 Å². The summed E-state index contributed by atoms with van der Waals surface area (Å²) in [7, 11) is -3.50. The number of rotatable bonds is 5. The lowest BCUT2D eigenvalue weighted by molar-refractivity contribution is 0.0709. The van der Waals surface area contributed by atoms with Crippen molar-refractivity contribution in [3.8, 4) is 5.75 Å². The average Bonchev–Trinajstić information content (AvgIpc) is 3.18. The van der Waals surface area contributed by atoms with Crippen molar-refractivity contribution in [2.24, 2.45) is 5.10 Å². The molecule has 0 aromatic heterocycles. The summed E-state index contributed by atoms with van der Waals surface area (Å²) in [5.74, 6) is -0.241. The standard InChI is InChI=1S/C23H21N3O4S/c1-31(29,30)25-19-13-7-5-11-17(19)20-15-21(18-12-6-8-14-22(18)27)26(24-20)23(28)16-9-3-2-4-10-16/h2-14,21,25,27H,15H2,1H3/t21-/m0/s1. The molecule has 158 valence electrons. The van der Waals surface area contributed by atoms with Gasteiger partial charge in [-0.1, -0.05) is 54.6 Å². The van der Waals surface area contributed by atoms with Crippen molar-refractivity contribution in [3.05, 3.63) is 95.6 Å². The van der Waals surface area contributed by atoms with Gasteiger partial charge in [0.15, 0.2) is 0 Å². The first kappa shape index (κ1) is 20.6. The molecule has 0 saturated heterocycles. The first-order chi connectivity index (χ1) is 14.8. The number of hydrazone groups is 1. The Balaban J connectivity index is 1.79. The first-order valence-corrected chi connectivity index (χ1v) is 11.5. The van der Waals surface area contributed by atoms with Crippen LogP contribution < -0.4 is 4.72 Å². The average molecular weight is 436 g/mol. The molecule has 0 saturated carbocycles. The molecular weight excluding hydrogens is 414 g/mol. The largest absolute Gasteiger partial charge is 0.508 e. The number of sulfonamides is 1. The number of carbonyl (C=O) groups excluding carboxylic acids is 1. The lowest BCUT2D eigenvalue weighted by atomic mass is 9.96. The number of amides is 1. The predicted molar refractivity (Wildman–Crippen MR) is 120 cm³/mol. The molecule has 31 heavy (non-hydrogen) atoms. The summed E-state index contributed by atoms with van der Waals surface area (Å²) in [5.41, 5.74) is 2.55. The van der Waals surface area contributed by atoms with Gasteiger partial charge in [-0.15, -0.1) is 0 Å². The molecule has 0 unspecified atom stereocenters. The second-order valence-electron chi connectivity index (χ2n) is 7.26. The lowest BCUT2D eigenvalue weighted by Crippen LogP contribution is -2.27. The minimum absolute atomic E-state index is 0.0670. The van der Waals surface area contributed by atoms with Crippen molar-refractivity contribution >= 4 is 27.3 Å². The number of hydrogen-bond acceptors (Lipinski definition) is 5. The molecule has 1 atom stereocenters. The third-order valence-electron chi connectivity index (χ3n) is 4.97. The number of aromatic hydroxyl groups is 1. The summed E-state index contributed by atoms with van der Waals surface area (Å²) in [6, 6.07) is 22.0. The molecule has 4 rings (SSSR count). The van der Waals surface area contributed by atoms with Crippen molar-refractivity contribution in [2.75, 3.05) is 11.0 Å². The van der Waals surface area contributed by atoms with Crippen molar-refractivity contribution in [1.82, 2.24) is 5.01 Å². The molecule has 3 aromatic rings. The lowest BCUT2D eigenvalue weighted by Gasteiger charge is -2.22. The van der Waals surface area contributed by atoms with Crippen LogP contribution in [0.25, 0.3) is 0 Å². The maximum atomic E-state index is 13.3. The molecule has 8 heteroatoms. The highest BCUT2D eigenvalue weighted by Crippen LogP contribution is 2.38. The second-order valence-corrected chi connectivity index (χ2v) is 9.01. The summed E-state index contributed by atoms with van der Waals surface area (Å²) in [6.45, 7) is 0. The number of benzene rings is 3. The van der Waals surface area contributed by atoms with Crippen LogP contribution in [0.2, 0.25) is 0 Å². The van der Waals surface area contributed by atoms with Gasteiger partial charge in [-0.3, -0.25) is 9.52 Å².